The van der Waals surface area contributed by atoms with E-state index in [4.69, 9.17) is 0 Å². The van der Waals surface area contributed by atoms with E-state index in [0.717, 1.165) is 11.8 Å². The average molecular weight is 437 g/mol. The van der Waals surface area contributed by atoms with Crippen LogP contribution in [0, 0.1) is 5.82 Å². The Morgan fingerprint density at radius 3 is 2.21 bits per heavy atom. The zero-order chi connectivity index (χ0) is 21.0. The highest BCUT2D eigenvalue weighted by Crippen LogP contribution is 2.23. The molecule has 2 aromatic rings. The van der Waals surface area contributed by atoms with E-state index in [9.17, 15) is 22.4 Å². The van der Waals surface area contributed by atoms with Gasteiger partial charge in [-0.1, -0.05) is 24.3 Å². The van der Waals surface area contributed by atoms with Gasteiger partial charge in [-0.25, -0.2) is 12.8 Å². The summed E-state index contributed by atoms with van der Waals surface area (Å²) in [6.07, 6.45) is 0. The molecule has 9 heteroatoms. The highest BCUT2D eigenvalue weighted by atomic mass is 32.2. The fraction of sp³-hybridized carbons (Fsp3) is 0.300. The minimum absolute atomic E-state index is 0.0974. The first-order valence-electron chi connectivity index (χ1n) is 9.05. The van der Waals surface area contributed by atoms with Crippen molar-refractivity contribution in [3.05, 3.63) is 59.9 Å². The Labute approximate surface area is 173 Å². The molecule has 154 valence electrons. The molecule has 0 N–H and O–H groups in total. The van der Waals surface area contributed by atoms with E-state index in [-0.39, 0.29) is 54.3 Å². The smallest absolute Gasteiger partial charge is 0.243 e. The highest BCUT2D eigenvalue weighted by Gasteiger charge is 2.30. The van der Waals surface area contributed by atoms with Gasteiger partial charge in [-0.05, 0) is 31.2 Å². The van der Waals surface area contributed by atoms with Crippen LogP contribution < -0.4 is 0 Å². The number of Topliss-reactive ketones (excluding diaryl/α,β-unsaturated/α-hetero) is 1. The number of ketones is 1. The molecule has 1 saturated heterocycles. The Balaban J connectivity index is 1.57. The van der Waals surface area contributed by atoms with Crippen molar-refractivity contribution in [3.8, 4) is 0 Å². The van der Waals surface area contributed by atoms with Gasteiger partial charge in [0.1, 0.15) is 5.82 Å². The second-order valence-electron chi connectivity index (χ2n) is 6.58. The molecule has 2 aromatic carbocycles. The Morgan fingerprint density at radius 1 is 1.00 bits per heavy atom. The number of sulfonamides is 1. The topological polar surface area (TPSA) is 74.8 Å². The molecule has 0 spiro atoms. The predicted molar refractivity (Wildman–Crippen MR) is 109 cm³/mol. The van der Waals surface area contributed by atoms with E-state index < -0.39 is 10.0 Å². The molecule has 0 atom stereocenters. The van der Waals surface area contributed by atoms with Crippen molar-refractivity contribution in [2.24, 2.45) is 0 Å². The van der Waals surface area contributed by atoms with Crippen LogP contribution in [-0.4, -0.2) is 61.2 Å². The summed E-state index contributed by atoms with van der Waals surface area (Å²) in [6, 6.07) is 12.1. The monoisotopic (exact) mass is 436 g/mol. The van der Waals surface area contributed by atoms with Crippen LogP contribution in [0.2, 0.25) is 0 Å². The summed E-state index contributed by atoms with van der Waals surface area (Å²) in [7, 11) is -3.69. The molecule has 1 aliphatic rings. The van der Waals surface area contributed by atoms with E-state index in [2.05, 4.69) is 0 Å². The molecule has 1 heterocycles. The minimum Gasteiger partial charge on any atom is -0.339 e. The summed E-state index contributed by atoms with van der Waals surface area (Å²) in [6.45, 7) is 2.35. The molecule has 1 aliphatic heterocycles. The summed E-state index contributed by atoms with van der Waals surface area (Å²) in [4.78, 5) is 25.9. The second kappa shape index (κ2) is 9.06. The summed E-state index contributed by atoms with van der Waals surface area (Å²) in [5.41, 5.74) is 0.451. The van der Waals surface area contributed by atoms with Gasteiger partial charge in [0.2, 0.25) is 15.9 Å². The third-order valence-corrected chi connectivity index (χ3v) is 7.62. The van der Waals surface area contributed by atoms with Crippen molar-refractivity contribution in [2.45, 2.75) is 16.7 Å². The van der Waals surface area contributed by atoms with E-state index >= 15 is 0 Å². The quantitative estimate of drug-likeness (QED) is 0.514. The van der Waals surface area contributed by atoms with Crippen molar-refractivity contribution >= 4 is 33.5 Å². The first kappa shape index (κ1) is 21.5. The molecule has 0 bridgehead atoms. The number of hydrogen-bond acceptors (Lipinski definition) is 5. The van der Waals surface area contributed by atoms with Gasteiger partial charge < -0.3 is 4.90 Å². The summed E-state index contributed by atoms with van der Waals surface area (Å²) < 4.78 is 40.6. The fourth-order valence-electron chi connectivity index (χ4n) is 2.98. The van der Waals surface area contributed by atoms with Crippen LogP contribution in [0.3, 0.4) is 0 Å². The maximum Gasteiger partial charge on any atom is 0.243 e. The molecule has 0 aliphatic carbocycles. The highest BCUT2D eigenvalue weighted by molar-refractivity contribution is 8.00. The zero-order valence-electron chi connectivity index (χ0n) is 15.9. The first-order chi connectivity index (χ1) is 13.8. The number of piperazine rings is 1. The number of benzene rings is 2. The lowest BCUT2D eigenvalue weighted by Crippen LogP contribution is -2.50. The Morgan fingerprint density at radius 2 is 1.62 bits per heavy atom. The molecule has 1 amide bonds. The molecule has 0 unspecified atom stereocenters. The summed E-state index contributed by atoms with van der Waals surface area (Å²) >= 11 is 1.13. The van der Waals surface area contributed by atoms with Crippen LogP contribution in [0.5, 0.6) is 0 Å². The third kappa shape index (κ3) is 5.04. The number of carbonyl (C=O) groups excluding carboxylic acids is 2. The van der Waals surface area contributed by atoms with E-state index in [1.54, 1.807) is 23.1 Å². The van der Waals surface area contributed by atoms with Crippen molar-refractivity contribution in [1.82, 2.24) is 9.21 Å². The molecule has 0 saturated carbocycles. The zero-order valence-corrected chi connectivity index (χ0v) is 17.5. The van der Waals surface area contributed by atoms with Gasteiger partial charge in [0, 0.05) is 36.6 Å². The van der Waals surface area contributed by atoms with Gasteiger partial charge in [0.05, 0.1) is 10.6 Å². The SMILES string of the molecule is CC(=O)c1ccc(S(=O)(=O)N2CCN(C(=O)CSc3ccccc3F)CC2)cc1. The molecule has 6 nitrogen and oxygen atoms in total. The van der Waals surface area contributed by atoms with Crippen molar-refractivity contribution in [1.29, 1.82) is 0 Å². The standard InChI is InChI=1S/C20H21FN2O4S2/c1-15(24)16-6-8-17(9-7-16)29(26,27)23-12-10-22(11-13-23)20(25)14-28-19-5-3-2-4-18(19)21/h2-9H,10-14H2,1H3. The lowest BCUT2D eigenvalue weighted by Gasteiger charge is -2.34. The van der Waals surface area contributed by atoms with Crippen LogP contribution >= 0.6 is 11.8 Å². The maximum absolute atomic E-state index is 13.7. The van der Waals surface area contributed by atoms with Gasteiger partial charge in [-0.2, -0.15) is 4.31 Å². The van der Waals surface area contributed by atoms with Crippen LogP contribution in [-0.2, 0) is 14.8 Å². The van der Waals surface area contributed by atoms with Crippen LogP contribution in [0.1, 0.15) is 17.3 Å². The van der Waals surface area contributed by atoms with Crippen molar-refractivity contribution < 1.29 is 22.4 Å². The number of carbonyl (C=O) groups is 2. The number of hydrogen-bond donors (Lipinski definition) is 0. The second-order valence-corrected chi connectivity index (χ2v) is 9.54. The van der Waals surface area contributed by atoms with Crippen LogP contribution in [0.15, 0.2) is 58.3 Å². The average Bonchev–Trinajstić information content (AvgIpc) is 2.73. The molecule has 3 rings (SSSR count). The minimum atomic E-state index is -3.69. The first-order valence-corrected chi connectivity index (χ1v) is 11.5. The predicted octanol–water partition coefficient (Wildman–Crippen LogP) is 2.65. The van der Waals surface area contributed by atoms with E-state index in [1.165, 1.54) is 41.6 Å². The normalized spacial score (nSPS) is 15.3. The number of halogens is 1. The largest absolute Gasteiger partial charge is 0.339 e. The molecule has 0 aromatic heterocycles. The third-order valence-electron chi connectivity index (χ3n) is 4.68. The molecule has 29 heavy (non-hydrogen) atoms. The summed E-state index contributed by atoms with van der Waals surface area (Å²) in [5, 5.41) is 0. The van der Waals surface area contributed by atoms with E-state index in [1.807, 2.05) is 0 Å². The Kier molecular flexibility index (Phi) is 6.71. The Bertz CT molecular complexity index is 1000. The van der Waals surface area contributed by atoms with E-state index in [0.29, 0.717) is 10.5 Å². The van der Waals surface area contributed by atoms with Gasteiger partial charge in [-0.15, -0.1) is 11.8 Å². The van der Waals surface area contributed by atoms with Crippen molar-refractivity contribution in [3.63, 3.8) is 0 Å². The molecular formula is C20H21FN2O4S2. The van der Waals surface area contributed by atoms with Crippen molar-refractivity contribution in [2.75, 3.05) is 31.9 Å². The van der Waals surface area contributed by atoms with Gasteiger partial charge in [0.25, 0.3) is 0 Å². The van der Waals surface area contributed by atoms with Gasteiger partial charge >= 0.3 is 0 Å². The number of amides is 1. The lowest BCUT2D eigenvalue weighted by molar-refractivity contribution is -0.129. The van der Waals surface area contributed by atoms with Gasteiger partial charge in [-0.3, -0.25) is 9.59 Å². The molecule has 0 radical (unpaired) electrons. The number of nitrogens with zero attached hydrogens (tertiary/aromatic N) is 2. The van der Waals surface area contributed by atoms with Gasteiger partial charge in [0.15, 0.2) is 5.78 Å². The Hall–Kier alpha value is -2.23. The van der Waals surface area contributed by atoms with Crippen LogP contribution in [0.4, 0.5) is 4.39 Å². The molecular weight excluding hydrogens is 415 g/mol. The van der Waals surface area contributed by atoms with Crippen LogP contribution in [0.25, 0.3) is 0 Å². The summed E-state index contributed by atoms with van der Waals surface area (Å²) in [5.74, 6) is -0.548. The fourth-order valence-corrected chi connectivity index (χ4v) is 5.25. The number of thioether (sulfide) groups is 1. The number of rotatable bonds is 6. The molecule has 1 fully saturated rings. The maximum atomic E-state index is 13.7. The lowest BCUT2D eigenvalue weighted by atomic mass is 10.2.